The molecule has 0 spiro atoms. The lowest BCUT2D eigenvalue weighted by Gasteiger charge is -1.97. The van der Waals surface area contributed by atoms with Crippen LogP contribution in [0.1, 0.15) is 12.5 Å². The first kappa shape index (κ1) is 9.00. The second-order valence-electron chi connectivity index (χ2n) is 2.35. The molecule has 1 heterocycles. The largest absolute Gasteiger partial charge is 0.348 e. The van der Waals surface area contributed by atoms with E-state index in [-0.39, 0.29) is 5.91 Å². The summed E-state index contributed by atoms with van der Waals surface area (Å²) in [5.41, 5.74) is 1.15. The van der Waals surface area contributed by atoms with Gasteiger partial charge in [-0.05, 0) is 35.4 Å². The number of thiophene rings is 1. The van der Waals surface area contributed by atoms with Crippen LogP contribution in [-0.4, -0.2) is 5.91 Å². The number of carbonyl (C=O) groups is 1. The van der Waals surface area contributed by atoms with Crippen molar-refractivity contribution in [3.8, 4) is 0 Å². The molecular weight excluding hydrogens is 170 g/mol. The van der Waals surface area contributed by atoms with Crippen molar-refractivity contribution in [2.24, 2.45) is 0 Å². The van der Waals surface area contributed by atoms with Crippen molar-refractivity contribution in [2.45, 2.75) is 13.5 Å². The first-order valence-electron chi connectivity index (χ1n) is 3.74. The first-order chi connectivity index (χ1) is 5.83. The maximum absolute atomic E-state index is 10.9. The molecule has 1 aromatic rings. The van der Waals surface area contributed by atoms with Crippen LogP contribution in [0.5, 0.6) is 0 Å². The molecule has 2 nitrogen and oxygen atoms in total. The number of amides is 1. The van der Waals surface area contributed by atoms with Gasteiger partial charge in [0.2, 0.25) is 5.91 Å². The van der Waals surface area contributed by atoms with Crippen molar-refractivity contribution < 1.29 is 4.79 Å². The number of rotatable bonds is 3. The Balaban J connectivity index is 2.31. The van der Waals surface area contributed by atoms with Gasteiger partial charge in [-0.15, -0.1) is 0 Å². The molecule has 0 bridgehead atoms. The van der Waals surface area contributed by atoms with E-state index in [1.54, 1.807) is 17.4 Å². The second kappa shape index (κ2) is 4.72. The minimum absolute atomic E-state index is 0.0382. The van der Waals surface area contributed by atoms with Crippen molar-refractivity contribution in [3.05, 3.63) is 34.5 Å². The molecule has 0 saturated carbocycles. The Morgan fingerprint density at radius 2 is 2.58 bits per heavy atom. The third-order valence-electron chi connectivity index (χ3n) is 1.36. The predicted molar refractivity (Wildman–Crippen MR) is 51.0 cm³/mol. The van der Waals surface area contributed by atoms with Crippen LogP contribution >= 0.6 is 11.3 Å². The van der Waals surface area contributed by atoms with E-state index in [9.17, 15) is 4.79 Å². The Labute approximate surface area is 75.9 Å². The lowest BCUT2D eigenvalue weighted by atomic mass is 10.3. The van der Waals surface area contributed by atoms with Crippen molar-refractivity contribution in [3.63, 3.8) is 0 Å². The van der Waals surface area contributed by atoms with E-state index in [4.69, 9.17) is 0 Å². The lowest BCUT2D eigenvalue weighted by Crippen LogP contribution is -2.19. The highest BCUT2D eigenvalue weighted by atomic mass is 32.1. The lowest BCUT2D eigenvalue weighted by molar-refractivity contribution is -0.116. The Morgan fingerprint density at radius 3 is 3.17 bits per heavy atom. The van der Waals surface area contributed by atoms with E-state index in [0.29, 0.717) is 6.54 Å². The van der Waals surface area contributed by atoms with Gasteiger partial charge in [-0.3, -0.25) is 4.79 Å². The van der Waals surface area contributed by atoms with E-state index >= 15 is 0 Å². The van der Waals surface area contributed by atoms with Crippen LogP contribution in [0.15, 0.2) is 29.0 Å². The number of hydrogen-bond acceptors (Lipinski definition) is 2. The maximum atomic E-state index is 10.9. The molecule has 12 heavy (non-hydrogen) atoms. The molecule has 0 aliphatic carbocycles. The zero-order valence-corrected chi connectivity index (χ0v) is 7.73. The standard InChI is InChI=1S/C9H11NOS/c1-2-3-9(11)10-6-8-4-5-12-7-8/h2-5,7H,6H2,1H3,(H,10,11). The second-order valence-corrected chi connectivity index (χ2v) is 3.13. The average Bonchev–Trinajstić information content (AvgIpc) is 2.53. The van der Waals surface area contributed by atoms with Gasteiger partial charge in [0.15, 0.2) is 0 Å². The summed E-state index contributed by atoms with van der Waals surface area (Å²) >= 11 is 1.64. The minimum Gasteiger partial charge on any atom is -0.348 e. The Kier molecular flexibility index (Phi) is 3.54. The molecule has 1 N–H and O–H groups in total. The normalized spacial score (nSPS) is 10.4. The molecule has 64 valence electrons. The summed E-state index contributed by atoms with van der Waals surface area (Å²) in [5, 5.41) is 6.79. The van der Waals surface area contributed by atoms with Crippen molar-refractivity contribution >= 4 is 17.2 Å². The molecule has 1 amide bonds. The monoisotopic (exact) mass is 181 g/mol. The predicted octanol–water partition coefficient (Wildman–Crippen LogP) is 1.94. The summed E-state index contributed by atoms with van der Waals surface area (Å²) < 4.78 is 0. The summed E-state index contributed by atoms with van der Waals surface area (Å²) in [6.07, 6.45) is 3.25. The van der Waals surface area contributed by atoms with Crippen molar-refractivity contribution in [1.29, 1.82) is 0 Å². The summed E-state index contributed by atoms with van der Waals surface area (Å²) in [6, 6.07) is 2.00. The molecule has 0 aliphatic rings. The highest BCUT2D eigenvalue weighted by molar-refractivity contribution is 7.07. The Morgan fingerprint density at radius 1 is 1.75 bits per heavy atom. The highest BCUT2D eigenvalue weighted by Crippen LogP contribution is 2.04. The van der Waals surface area contributed by atoms with Gasteiger partial charge in [0.1, 0.15) is 0 Å². The van der Waals surface area contributed by atoms with Crippen LogP contribution < -0.4 is 5.32 Å². The summed E-state index contributed by atoms with van der Waals surface area (Å²) in [5.74, 6) is -0.0382. The van der Waals surface area contributed by atoms with E-state index in [1.807, 2.05) is 23.8 Å². The van der Waals surface area contributed by atoms with E-state index in [2.05, 4.69) is 5.32 Å². The number of nitrogens with one attached hydrogen (secondary N) is 1. The molecule has 0 radical (unpaired) electrons. The fourth-order valence-corrected chi connectivity index (χ4v) is 1.46. The molecule has 0 unspecified atom stereocenters. The van der Waals surface area contributed by atoms with Crippen molar-refractivity contribution in [2.75, 3.05) is 0 Å². The molecule has 0 aromatic carbocycles. The van der Waals surface area contributed by atoms with E-state index in [0.717, 1.165) is 5.56 Å². The third kappa shape index (κ3) is 2.88. The fraction of sp³-hybridized carbons (Fsp3) is 0.222. The van der Waals surface area contributed by atoms with Crippen LogP contribution in [-0.2, 0) is 11.3 Å². The highest BCUT2D eigenvalue weighted by Gasteiger charge is 1.94. The SMILES string of the molecule is CC=CC(=O)NCc1ccsc1. The summed E-state index contributed by atoms with van der Waals surface area (Å²) in [6.45, 7) is 2.44. The number of allylic oxidation sites excluding steroid dienone is 1. The van der Waals surface area contributed by atoms with Gasteiger partial charge in [0, 0.05) is 6.54 Å². The zero-order chi connectivity index (χ0) is 8.81. The minimum atomic E-state index is -0.0382. The van der Waals surface area contributed by atoms with Gasteiger partial charge in [0.25, 0.3) is 0 Å². The molecule has 0 atom stereocenters. The number of hydrogen-bond donors (Lipinski definition) is 1. The molecule has 0 fully saturated rings. The Bertz CT molecular complexity index is 264. The van der Waals surface area contributed by atoms with Crippen LogP contribution in [0.4, 0.5) is 0 Å². The van der Waals surface area contributed by atoms with Gasteiger partial charge in [0.05, 0.1) is 0 Å². The van der Waals surface area contributed by atoms with Gasteiger partial charge < -0.3 is 5.32 Å². The van der Waals surface area contributed by atoms with Crippen molar-refractivity contribution in [1.82, 2.24) is 5.32 Å². The van der Waals surface area contributed by atoms with Gasteiger partial charge in [-0.2, -0.15) is 11.3 Å². The van der Waals surface area contributed by atoms with E-state index in [1.165, 1.54) is 6.08 Å². The quantitative estimate of drug-likeness (QED) is 0.709. The fourth-order valence-electron chi connectivity index (χ4n) is 0.793. The van der Waals surface area contributed by atoms with Gasteiger partial charge >= 0.3 is 0 Å². The molecule has 0 saturated heterocycles. The molecular formula is C9H11NOS. The third-order valence-corrected chi connectivity index (χ3v) is 2.10. The molecule has 0 aliphatic heterocycles. The van der Waals surface area contributed by atoms with Gasteiger partial charge in [-0.25, -0.2) is 0 Å². The first-order valence-corrected chi connectivity index (χ1v) is 4.69. The van der Waals surface area contributed by atoms with E-state index < -0.39 is 0 Å². The van der Waals surface area contributed by atoms with Crippen LogP contribution in [0, 0.1) is 0 Å². The van der Waals surface area contributed by atoms with Crippen LogP contribution in [0.25, 0.3) is 0 Å². The average molecular weight is 181 g/mol. The molecule has 1 rings (SSSR count). The Hall–Kier alpha value is -1.09. The maximum Gasteiger partial charge on any atom is 0.243 e. The van der Waals surface area contributed by atoms with Gasteiger partial charge in [-0.1, -0.05) is 6.08 Å². The summed E-state index contributed by atoms with van der Waals surface area (Å²) in [7, 11) is 0. The van der Waals surface area contributed by atoms with Crippen LogP contribution in [0.3, 0.4) is 0 Å². The molecule has 1 aromatic heterocycles. The molecule has 3 heteroatoms. The topological polar surface area (TPSA) is 29.1 Å². The zero-order valence-electron chi connectivity index (χ0n) is 6.91. The number of carbonyl (C=O) groups excluding carboxylic acids is 1. The smallest absolute Gasteiger partial charge is 0.243 e. The summed E-state index contributed by atoms with van der Waals surface area (Å²) in [4.78, 5) is 10.9. The van der Waals surface area contributed by atoms with Crippen LogP contribution in [0.2, 0.25) is 0 Å².